The standard InChI is InChI=1S/C54H105NO10/c1-3-5-7-9-11-13-14-15-16-17-18-19-20-21-22-23-24-25-26-27-28-29-30-31-32-34-35-37-39-41-46(57)49(59)45(44-64-54-52(62)51(61)50(60)48(43-56)65-54)55-53(63)47(58)42-40-38-36-33-12-10-8-6-4-2/h34-35,45-52,54,56-62H,3-33,36-44H2,1-2H3,(H,55,63)/b35-34+. The van der Waals surface area contributed by atoms with E-state index < -0.39 is 74.2 Å². The first kappa shape index (κ1) is 61.9. The summed E-state index contributed by atoms with van der Waals surface area (Å²) >= 11 is 0. The van der Waals surface area contributed by atoms with Gasteiger partial charge in [-0.05, 0) is 38.5 Å². The average Bonchev–Trinajstić information content (AvgIpc) is 3.31. The molecule has 0 aromatic heterocycles. The maximum atomic E-state index is 13.0. The van der Waals surface area contributed by atoms with Crippen molar-refractivity contribution < 1.29 is 50.0 Å². The van der Waals surface area contributed by atoms with Crippen molar-refractivity contribution in [1.29, 1.82) is 0 Å². The maximum absolute atomic E-state index is 13.0. The van der Waals surface area contributed by atoms with Crippen molar-refractivity contribution in [3.05, 3.63) is 12.2 Å². The zero-order valence-electron chi connectivity index (χ0n) is 42.0. The van der Waals surface area contributed by atoms with Crippen LogP contribution in [-0.4, -0.2) is 110 Å². The fourth-order valence-corrected chi connectivity index (χ4v) is 9.03. The summed E-state index contributed by atoms with van der Waals surface area (Å²) in [5.74, 6) is -0.707. The van der Waals surface area contributed by atoms with Gasteiger partial charge in [-0.15, -0.1) is 0 Å². The van der Waals surface area contributed by atoms with Crippen molar-refractivity contribution >= 4 is 5.91 Å². The number of aliphatic hydroxyl groups excluding tert-OH is 7. The number of amides is 1. The van der Waals surface area contributed by atoms with Crippen LogP contribution in [-0.2, 0) is 14.3 Å². The molecule has 0 radical (unpaired) electrons. The van der Waals surface area contributed by atoms with Gasteiger partial charge in [-0.25, -0.2) is 0 Å². The Labute approximate surface area is 398 Å². The minimum absolute atomic E-state index is 0.257. The fraction of sp³-hybridized carbons (Fsp3) is 0.944. The summed E-state index contributed by atoms with van der Waals surface area (Å²) in [6.45, 7) is 3.42. The molecule has 1 saturated heterocycles. The predicted octanol–water partition coefficient (Wildman–Crippen LogP) is 10.8. The lowest BCUT2D eigenvalue weighted by molar-refractivity contribution is -0.303. The third-order valence-electron chi connectivity index (χ3n) is 13.6. The Morgan fingerprint density at radius 3 is 1.32 bits per heavy atom. The second-order valence-corrected chi connectivity index (χ2v) is 19.7. The van der Waals surface area contributed by atoms with E-state index in [2.05, 4.69) is 31.3 Å². The molecule has 9 atom stereocenters. The lowest BCUT2D eigenvalue weighted by atomic mass is 9.98. The molecule has 0 aliphatic carbocycles. The summed E-state index contributed by atoms with van der Waals surface area (Å²) in [7, 11) is 0. The van der Waals surface area contributed by atoms with Gasteiger partial charge < -0.3 is 50.5 Å². The van der Waals surface area contributed by atoms with Crippen LogP contribution in [0.3, 0.4) is 0 Å². The van der Waals surface area contributed by atoms with Crippen LogP contribution in [0.1, 0.15) is 258 Å². The molecule has 0 spiro atoms. The average molecular weight is 928 g/mol. The van der Waals surface area contributed by atoms with Crippen LogP contribution in [0.15, 0.2) is 12.2 Å². The number of carbonyl (C=O) groups is 1. The van der Waals surface area contributed by atoms with Crippen LogP contribution in [0.2, 0.25) is 0 Å². The van der Waals surface area contributed by atoms with Gasteiger partial charge in [0.2, 0.25) is 5.91 Å². The quantitative estimate of drug-likeness (QED) is 0.0215. The zero-order valence-corrected chi connectivity index (χ0v) is 42.0. The fourth-order valence-electron chi connectivity index (χ4n) is 9.03. The van der Waals surface area contributed by atoms with Crippen LogP contribution in [0.4, 0.5) is 0 Å². The number of unbranched alkanes of at least 4 members (excludes halogenated alkanes) is 33. The molecule has 1 rings (SSSR count). The molecule has 0 aromatic rings. The van der Waals surface area contributed by atoms with Crippen LogP contribution in [0, 0.1) is 0 Å². The third-order valence-corrected chi connectivity index (χ3v) is 13.6. The SMILES string of the molecule is CCCCCCCCCCCCCCCCCCCCCCCCCC/C=C/CCCC(O)C(O)C(COC1OC(CO)C(O)C(O)C1O)NC(=O)C(O)CCCCCCCCCCC. The third kappa shape index (κ3) is 33.1. The monoisotopic (exact) mass is 928 g/mol. The number of hydrogen-bond donors (Lipinski definition) is 8. The minimum atomic E-state index is -1.66. The topological polar surface area (TPSA) is 189 Å². The Balaban J connectivity index is 2.23. The van der Waals surface area contributed by atoms with Crippen LogP contribution in [0.25, 0.3) is 0 Å². The summed E-state index contributed by atoms with van der Waals surface area (Å²) in [5.41, 5.74) is 0. The maximum Gasteiger partial charge on any atom is 0.249 e. The largest absolute Gasteiger partial charge is 0.394 e. The Morgan fingerprint density at radius 1 is 0.523 bits per heavy atom. The first-order valence-electron chi connectivity index (χ1n) is 27.6. The first-order chi connectivity index (χ1) is 31.7. The molecule has 0 saturated carbocycles. The van der Waals surface area contributed by atoms with Gasteiger partial charge >= 0.3 is 0 Å². The van der Waals surface area contributed by atoms with Gasteiger partial charge in [-0.1, -0.05) is 231 Å². The highest BCUT2D eigenvalue weighted by atomic mass is 16.7. The number of ether oxygens (including phenoxy) is 2. The van der Waals surface area contributed by atoms with E-state index in [-0.39, 0.29) is 12.8 Å². The van der Waals surface area contributed by atoms with Crippen LogP contribution < -0.4 is 5.32 Å². The van der Waals surface area contributed by atoms with Gasteiger partial charge in [0.1, 0.15) is 36.6 Å². The minimum Gasteiger partial charge on any atom is -0.394 e. The molecule has 1 heterocycles. The highest BCUT2D eigenvalue weighted by Crippen LogP contribution is 2.23. The molecule has 1 aliphatic heterocycles. The first-order valence-corrected chi connectivity index (χ1v) is 27.6. The van der Waals surface area contributed by atoms with Gasteiger partial charge in [-0.3, -0.25) is 4.79 Å². The Morgan fingerprint density at radius 2 is 0.908 bits per heavy atom. The van der Waals surface area contributed by atoms with Crippen LogP contribution >= 0.6 is 0 Å². The molecule has 1 aliphatic rings. The van der Waals surface area contributed by atoms with Crippen molar-refractivity contribution in [2.24, 2.45) is 0 Å². The number of carbonyl (C=O) groups excluding carboxylic acids is 1. The van der Waals surface area contributed by atoms with Crippen LogP contribution in [0.5, 0.6) is 0 Å². The summed E-state index contributed by atoms with van der Waals surface area (Å²) < 4.78 is 11.1. The molecule has 0 bridgehead atoms. The van der Waals surface area contributed by atoms with Crippen molar-refractivity contribution in [2.75, 3.05) is 13.2 Å². The molecule has 11 nitrogen and oxygen atoms in total. The van der Waals surface area contributed by atoms with Gasteiger partial charge in [-0.2, -0.15) is 0 Å². The van der Waals surface area contributed by atoms with Crippen molar-refractivity contribution in [3.63, 3.8) is 0 Å². The number of allylic oxidation sites excluding steroid dienone is 2. The van der Waals surface area contributed by atoms with Gasteiger partial charge in [0.05, 0.1) is 25.4 Å². The van der Waals surface area contributed by atoms with E-state index in [1.54, 1.807) is 0 Å². The summed E-state index contributed by atoms with van der Waals surface area (Å²) in [6, 6.07) is -1.18. The van der Waals surface area contributed by atoms with Gasteiger partial charge in [0.15, 0.2) is 6.29 Å². The molecule has 1 amide bonds. The highest BCUT2D eigenvalue weighted by molar-refractivity contribution is 5.80. The van der Waals surface area contributed by atoms with E-state index in [0.29, 0.717) is 12.8 Å². The lowest BCUT2D eigenvalue weighted by Crippen LogP contribution is -2.60. The molecular formula is C54H105NO10. The Hall–Kier alpha value is -1.15. The van der Waals surface area contributed by atoms with Crippen molar-refractivity contribution in [1.82, 2.24) is 5.32 Å². The molecule has 0 aromatic carbocycles. The molecule has 11 heteroatoms. The van der Waals surface area contributed by atoms with Gasteiger partial charge in [0, 0.05) is 0 Å². The number of hydrogen-bond acceptors (Lipinski definition) is 10. The summed E-state index contributed by atoms with van der Waals surface area (Å²) in [4.78, 5) is 13.0. The Kier molecular flexibility index (Phi) is 42.0. The molecule has 9 unspecified atom stereocenters. The van der Waals surface area contributed by atoms with E-state index in [1.165, 1.54) is 180 Å². The Bertz CT molecular complexity index is 1060. The molecule has 1 fully saturated rings. The van der Waals surface area contributed by atoms with E-state index in [0.717, 1.165) is 38.5 Å². The number of nitrogens with one attached hydrogen (secondary N) is 1. The second kappa shape index (κ2) is 44.1. The highest BCUT2D eigenvalue weighted by Gasteiger charge is 2.44. The molecule has 8 N–H and O–H groups in total. The van der Waals surface area contributed by atoms with E-state index in [1.807, 2.05) is 0 Å². The normalized spacial score (nSPS) is 20.9. The van der Waals surface area contributed by atoms with E-state index in [9.17, 15) is 40.5 Å². The number of rotatable bonds is 47. The molecule has 65 heavy (non-hydrogen) atoms. The summed E-state index contributed by atoms with van der Waals surface area (Å²) in [6.07, 6.45) is 38.8. The van der Waals surface area contributed by atoms with Crippen molar-refractivity contribution in [3.8, 4) is 0 Å². The second-order valence-electron chi connectivity index (χ2n) is 19.7. The summed E-state index contributed by atoms with van der Waals surface area (Å²) in [5, 5.41) is 75.7. The zero-order chi connectivity index (χ0) is 47.6. The van der Waals surface area contributed by atoms with E-state index >= 15 is 0 Å². The smallest absolute Gasteiger partial charge is 0.249 e. The number of aliphatic hydroxyl groups is 7. The lowest BCUT2D eigenvalue weighted by Gasteiger charge is -2.40. The van der Waals surface area contributed by atoms with Gasteiger partial charge in [0.25, 0.3) is 0 Å². The van der Waals surface area contributed by atoms with Crippen molar-refractivity contribution in [2.45, 2.75) is 313 Å². The molecular weight excluding hydrogens is 823 g/mol. The predicted molar refractivity (Wildman–Crippen MR) is 266 cm³/mol. The molecule has 386 valence electrons. The van der Waals surface area contributed by atoms with E-state index in [4.69, 9.17) is 9.47 Å².